The minimum absolute atomic E-state index is 0.155. The van der Waals surface area contributed by atoms with Crippen molar-refractivity contribution in [3.63, 3.8) is 0 Å². The lowest BCUT2D eigenvalue weighted by Crippen LogP contribution is -2.14. The monoisotopic (exact) mass is 464 g/mol. The molecule has 0 aliphatic rings. The molecule has 0 atom stereocenters. The van der Waals surface area contributed by atoms with Crippen LogP contribution in [0.3, 0.4) is 0 Å². The molecule has 0 saturated heterocycles. The van der Waals surface area contributed by atoms with E-state index in [9.17, 15) is 4.79 Å². The minimum Gasteiger partial charge on any atom is -0.486 e. The zero-order chi connectivity index (χ0) is 22.3. The molecule has 6 nitrogen and oxygen atoms in total. The molecule has 162 valence electrons. The summed E-state index contributed by atoms with van der Waals surface area (Å²) in [6.07, 6.45) is 0. The molecule has 8 heteroatoms. The van der Waals surface area contributed by atoms with Crippen molar-refractivity contribution in [1.82, 2.24) is 14.8 Å². The second kappa shape index (κ2) is 10.3. The van der Waals surface area contributed by atoms with E-state index >= 15 is 0 Å². The van der Waals surface area contributed by atoms with E-state index in [1.165, 1.54) is 11.8 Å². The predicted molar refractivity (Wildman–Crippen MR) is 128 cm³/mol. The quantitative estimate of drug-likeness (QED) is 0.347. The first-order chi connectivity index (χ1) is 15.6. The number of nitrogens with one attached hydrogen (secondary N) is 1. The Morgan fingerprint density at radius 1 is 1.03 bits per heavy atom. The summed E-state index contributed by atoms with van der Waals surface area (Å²) in [5.74, 6) is 1.42. The van der Waals surface area contributed by atoms with Gasteiger partial charge in [-0.05, 0) is 49.4 Å². The molecular weight excluding hydrogens is 444 g/mol. The molecule has 0 bridgehead atoms. The van der Waals surface area contributed by atoms with Crippen molar-refractivity contribution < 1.29 is 9.53 Å². The molecule has 3 aromatic carbocycles. The van der Waals surface area contributed by atoms with Crippen molar-refractivity contribution in [2.45, 2.75) is 18.7 Å². The van der Waals surface area contributed by atoms with Crippen LogP contribution in [0.4, 0.5) is 5.69 Å². The molecule has 0 radical (unpaired) electrons. The highest BCUT2D eigenvalue weighted by Crippen LogP contribution is 2.24. The maximum atomic E-state index is 12.4. The number of hydrogen-bond donors (Lipinski definition) is 1. The summed E-state index contributed by atoms with van der Waals surface area (Å²) in [7, 11) is 0. The van der Waals surface area contributed by atoms with Gasteiger partial charge in [-0.15, -0.1) is 10.2 Å². The van der Waals surface area contributed by atoms with Gasteiger partial charge in [0.1, 0.15) is 12.4 Å². The second-order valence-corrected chi connectivity index (χ2v) is 8.40. The second-order valence-electron chi connectivity index (χ2n) is 7.02. The normalized spacial score (nSPS) is 10.7. The Morgan fingerprint density at radius 2 is 1.81 bits per heavy atom. The van der Waals surface area contributed by atoms with E-state index in [1.54, 1.807) is 24.3 Å². The van der Waals surface area contributed by atoms with Crippen LogP contribution in [0.1, 0.15) is 11.4 Å². The fourth-order valence-corrected chi connectivity index (χ4v) is 3.96. The van der Waals surface area contributed by atoms with Crippen LogP contribution >= 0.6 is 23.4 Å². The van der Waals surface area contributed by atoms with Crippen molar-refractivity contribution in [2.75, 3.05) is 11.1 Å². The Morgan fingerprint density at radius 3 is 2.56 bits per heavy atom. The Hall–Kier alpha value is -3.29. The summed E-state index contributed by atoms with van der Waals surface area (Å²) in [6.45, 7) is 2.28. The summed E-state index contributed by atoms with van der Waals surface area (Å²) in [6, 6.07) is 24.7. The third-order valence-electron chi connectivity index (χ3n) is 4.54. The molecule has 0 saturated carbocycles. The average Bonchev–Trinajstić information content (AvgIpc) is 3.20. The Kier molecular flexibility index (Phi) is 7.09. The highest BCUT2D eigenvalue weighted by atomic mass is 35.5. The van der Waals surface area contributed by atoms with Gasteiger partial charge in [0, 0.05) is 16.4 Å². The van der Waals surface area contributed by atoms with Crippen LogP contribution in [0.5, 0.6) is 5.75 Å². The van der Waals surface area contributed by atoms with E-state index < -0.39 is 0 Å². The topological polar surface area (TPSA) is 69.0 Å². The van der Waals surface area contributed by atoms with E-state index in [2.05, 4.69) is 15.5 Å². The van der Waals surface area contributed by atoms with Crippen LogP contribution in [-0.4, -0.2) is 26.4 Å². The molecule has 4 rings (SSSR count). The average molecular weight is 465 g/mol. The number of nitrogens with zero attached hydrogens (tertiary/aromatic N) is 3. The molecule has 4 aromatic rings. The van der Waals surface area contributed by atoms with Crippen molar-refractivity contribution in [3.8, 4) is 11.4 Å². The molecule has 1 amide bonds. The molecule has 32 heavy (non-hydrogen) atoms. The van der Waals surface area contributed by atoms with E-state index in [4.69, 9.17) is 16.3 Å². The number of hydrogen-bond acceptors (Lipinski definition) is 5. The van der Waals surface area contributed by atoms with Gasteiger partial charge in [-0.1, -0.05) is 65.3 Å². The molecule has 1 N–H and O–H groups in total. The largest absolute Gasteiger partial charge is 0.486 e. The van der Waals surface area contributed by atoms with Crippen molar-refractivity contribution in [1.29, 1.82) is 0 Å². The van der Waals surface area contributed by atoms with E-state index in [0.717, 1.165) is 17.0 Å². The smallest absolute Gasteiger partial charge is 0.234 e. The van der Waals surface area contributed by atoms with Gasteiger partial charge in [0.05, 0.1) is 5.75 Å². The van der Waals surface area contributed by atoms with Gasteiger partial charge in [-0.3, -0.25) is 9.36 Å². The summed E-state index contributed by atoms with van der Waals surface area (Å²) in [5.41, 5.74) is 2.71. The standard InChI is InChI=1S/C24H21ClN4O2S/c1-17-10-12-20(13-11-17)29-22(15-31-21-8-3-2-4-9-21)27-28-24(29)32-16-23(30)26-19-7-5-6-18(25)14-19/h2-14H,15-16H2,1H3,(H,26,30). The molecule has 0 fully saturated rings. The number of amides is 1. The lowest BCUT2D eigenvalue weighted by atomic mass is 10.2. The van der Waals surface area contributed by atoms with Gasteiger partial charge in [0.2, 0.25) is 5.91 Å². The first-order valence-corrected chi connectivity index (χ1v) is 11.3. The predicted octanol–water partition coefficient (Wildman–Crippen LogP) is 5.54. The maximum Gasteiger partial charge on any atom is 0.234 e. The fraction of sp³-hybridized carbons (Fsp3) is 0.125. The van der Waals surface area contributed by atoms with Crippen molar-refractivity contribution in [3.05, 3.63) is 95.3 Å². The maximum absolute atomic E-state index is 12.4. The van der Waals surface area contributed by atoms with Crippen LogP contribution in [0, 0.1) is 6.92 Å². The number of rotatable bonds is 8. The van der Waals surface area contributed by atoms with Crippen LogP contribution in [0.25, 0.3) is 5.69 Å². The zero-order valence-electron chi connectivity index (χ0n) is 17.4. The fourth-order valence-electron chi connectivity index (χ4n) is 3.00. The molecule has 0 aliphatic heterocycles. The number of benzene rings is 3. The third kappa shape index (κ3) is 5.69. The van der Waals surface area contributed by atoms with Crippen LogP contribution in [0.15, 0.2) is 84.0 Å². The molecule has 0 aliphatic carbocycles. The molecule has 0 spiro atoms. The van der Waals surface area contributed by atoms with Gasteiger partial charge in [-0.25, -0.2) is 0 Å². The Bertz CT molecular complexity index is 1200. The van der Waals surface area contributed by atoms with Crippen molar-refractivity contribution in [2.24, 2.45) is 0 Å². The number of anilines is 1. The summed E-state index contributed by atoms with van der Waals surface area (Å²) in [4.78, 5) is 12.4. The number of carbonyl (C=O) groups is 1. The highest BCUT2D eigenvalue weighted by molar-refractivity contribution is 7.99. The van der Waals surface area contributed by atoms with E-state index in [0.29, 0.717) is 21.7 Å². The number of ether oxygens (including phenoxy) is 1. The summed E-state index contributed by atoms with van der Waals surface area (Å²) in [5, 5.41) is 12.7. The van der Waals surface area contributed by atoms with Crippen LogP contribution < -0.4 is 10.1 Å². The zero-order valence-corrected chi connectivity index (χ0v) is 18.9. The number of halogens is 1. The van der Waals surface area contributed by atoms with Crippen LogP contribution in [0.2, 0.25) is 5.02 Å². The van der Waals surface area contributed by atoms with Gasteiger partial charge >= 0.3 is 0 Å². The van der Waals surface area contributed by atoms with Gasteiger partial charge in [-0.2, -0.15) is 0 Å². The number of aryl methyl sites for hydroxylation is 1. The lowest BCUT2D eigenvalue weighted by Gasteiger charge is -2.11. The highest BCUT2D eigenvalue weighted by Gasteiger charge is 2.17. The van der Waals surface area contributed by atoms with E-state index in [1.807, 2.05) is 66.1 Å². The molecule has 0 unspecified atom stereocenters. The molecule has 1 aromatic heterocycles. The Balaban J connectivity index is 1.51. The van der Waals surface area contributed by atoms with Crippen molar-refractivity contribution >= 4 is 35.0 Å². The number of aromatic nitrogens is 3. The van der Waals surface area contributed by atoms with Gasteiger partial charge in [0.15, 0.2) is 11.0 Å². The lowest BCUT2D eigenvalue weighted by molar-refractivity contribution is -0.113. The van der Waals surface area contributed by atoms with Gasteiger partial charge < -0.3 is 10.1 Å². The molecular formula is C24H21ClN4O2S. The van der Waals surface area contributed by atoms with Gasteiger partial charge in [0.25, 0.3) is 0 Å². The van der Waals surface area contributed by atoms with E-state index in [-0.39, 0.29) is 18.3 Å². The first kappa shape index (κ1) is 21.9. The summed E-state index contributed by atoms with van der Waals surface area (Å²) >= 11 is 7.30. The SMILES string of the molecule is Cc1ccc(-n2c(COc3ccccc3)nnc2SCC(=O)Nc2cccc(Cl)c2)cc1. The first-order valence-electron chi connectivity index (χ1n) is 9.96. The van der Waals surface area contributed by atoms with Crippen LogP contribution in [-0.2, 0) is 11.4 Å². The third-order valence-corrected chi connectivity index (χ3v) is 5.71. The molecule has 1 heterocycles. The minimum atomic E-state index is -0.155. The Labute approximate surface area is 195 Å². The number of carbonyl (C=O) groups excluding carboxylic acids is 1. The summed E-state index contributed by atoms with van der Waals surface area (Å²) < 4.78 is 7.80. The number of thioether (sulfide) groups is 1. The number of para-hydroxylation sites is 1.